The molecule has 1 aliphatic heterocycles. The second kappa shape index (κ2) is 11.9. The Balaban J connectivity index is 1.60. The average Bonchev–Trinajstić information content (AvgIpc) is 3.64. The van der Waals surface area contributed by atoms with Gasteiger partial charge in [-0.25, -0.2) is 9.18 Å². The summed E-state index contributed by atoms with van der Waals surface area (Å²) in [6, 6.07) is 0.0163. The first-order chi connectivity index (χ1) is 19.4. The van der Waals surface area contributed by atoms with Crippen molar-refractivity contribution in [2.24, 2.45) is 5.41 Å². The third-order valence-corrected chi connectivity index (χ3v) is 12.9. The molecule has 1 atom stereocenters. The van der Waals surface area contributed by atoms with Gasteiger partial charge in [0.05, 0.1) is 12.7 Å². The van der Waals surface area contributed by atoms with E-state index in [0.29, 0.717) is 39.3 Å². The molecule has 1 aliphatic carbocycles. The van der Waals surface area contributed by atoms with E-state index in [1.54, 1.807) is 4.90 Å². The molecular weight excluding hydrogens is 581 g/mol. The lowest BCUT2D eigenvalue weighted by molar-refractivity contribution is 0.0238. The Bertz CT molecular complexity index is 1310. The Morgan fingerprint density at radius 2 is 1.83 bits per heavy atom. The van der Waals surface area contributed by atoms with Crippen LogP contribution in [0, 0.1) is 11.2 Å². The van der Waals surface area contributed by atoms with Gasteiger partial charge >= 0.3 is 12.1 Å². The maximum Gasteiger partial charge on any atom is 0.410 e. The van der Waals surface area contributed by atoms with Crippen LogP contribution in [0.2, 0.25) is 23.3 Å². The summed E-state index contributed by atoms with van der Waals surface area (Å²) in [6.45, 7) is 20.4. The predicted octanol–water partition coefficient (Wildman–Crippen LogP) is 6.82. The van der Waals surface area contributed by atoms with E-state index >= 15 is 4.39 Å². The summed E-state index contributed by atoms with van der Waals surface area (Å²) >= 11 is 6.18. The number of hydrogen-bond donors (Lipinski definition) is 1. The highest BCUT2D eigenvalue weighted by Crippen LogP contribution is 2.48. The Hall–Kier alpha value is -2.44. The van der Waals surface area contributed by atoms with Crippen LogP contribution in [0.1, 0.15) is 67.7 Å². The molecule has 0 unspecified atom stereocenters. The molecule has 1 saturated carbocycles. The average molecular weight is 626 g/mol. The predicted molar refractivity (Wildman–Crippen MR) is 164 cm³/mol. The molecule has 1 N–H and O–H groups in total. The van der Waals surface area contributed by atoms with Gasteiger partial charge in [0, 0.05) is 38.1 Å². The summed E-state index contributed by atoms with van der Waals surface area (Å²) in [5.41, 5.74) is -0.797. The molecule has 42 heavy (non-hydrogen) atoms. The zero-order chi connectivity index (χ0) is 31.1. The van der Waals surface area contributed by atoms with Crippen LogP contribution < -0.4 is 14.8 Å². The van der Waals surface area contributed by atoms with Crippen molar-refractivity contribution in [1.82, 2.24) is 19.9 Å². The first-order valence-electron chi connectivity index (χ1n) is 14.6. The fourth-order valence-electron chi connectivity index (χ4n) is 4.16. The molecule has 0 spiro atoms. The standard InChI is InChI=1S/C29H45ClFN5O5Si/c1-18-10-14-36(26(37)41-27(2,3)4)15-13-32-23-19-21(20(31)22(30)34-24(19)40-18)33-25(35-23)38-16-29(11-12-29)17-39-42(8,9)28(5,6)7/h18H,10-17H2,1-9H3,(H,32,33,35)/t18-/m0/s1. The summed E-state index contributed by atoms with van der Waals surface area (Å²) < 4.78 is 39.6. The smallest absolute Gasteiger partial charge is 0.410 e. The van der Waals surface area contributed by atoms with Crippen molar-refractivity contribution in [2.45, 2.75) is 97.6 Å². The fraction of sp³-hybridized carbons (Fsp3) is 0.724. The number of carbonyl (C=O) groups is 1. The van der Waals surface area contributed by atoms with Crippen molar-refractivity contribution in [2.75, 3.05) is 38.2 Å². The number of anilines is 1. The lowest BCUT2D eigenvalue weighted by Gasteiger charge is -2.37. The van der Waals surface area contributed by atoms with Crippen molar-refractivity contribution in [3.63, 3.8) is 0 Å². The molecule has 1 fully saturated rings. The van der Waals surface area contributed by atoms with Gasteiger partial charge in [0.1, 0.15) is 22.3 Å². The van der Waals surface area contributed by atoms with E-state index in [1.807, 2.05) is 27.7 Å². The van der Waals surface area contributed by atoms with E-state index < -0.39 is 25.8 Å². The molecule has 0 bridgehead atoms. The minimum atomic E-state index is -1.92. The maximum atomic E-state index is 15.4. The van der Waals surface area contributed by atoms with Gasteiger partial charge in [0.2, 0.25) is 5.88 Å². The quantitative estimate of drug-likeness (QED) is 0.273. The molecule has 2 aliphatic rings. The lowest BCUT2D eigenvalue weighted by Crippen LogP contribution is -2.42. The molecule has 2 aromatic heterocycles. The van der Waals surface area contributed by atoms with E-state index in [-0.39, 0.29) is 50.3 Å². The number of pyridine rings is 1. The first kappa shape index (κ1) is 32.5. The number of halogens is 2. The van der Waals surface area contributed by atoms with E-state index in [4.69, 9.17) is 30.2 Å². The van der Waals surface area contributed by atoms with Gasteiger partial charge in [-0.05, 0) is 58.7 Å². The van der Waals surface area contributed by atoms with Crippen LogP contribution >= 0.6 is 11.6 Å². The molecular formula is C29H45ClFN5O5Si. The Labute approximate surface area is 254 Å². The second-order valence-corrected chi connectivity index (χ2v) is 19.2. The van der Waals surface area contributed by atoms with Gasteiger partial charge in [0.15, 0.2) is 19.3 Å². The van der Waals surface area contributed by atoms with Gasteiger partial charge in [0.25, 0.3) is 0 Å². The van der Waals surface area contributed by atoms with E-state index in [2.05, 4.69) is 54.1 Å². The summed E-state index contributed by atoms with van der Waals surface area (Å²) in [5.74, 6) is -0.381. The first-order valence-corrected chi connectivity index (χ1v) is 17.9. The zero-order valence-corrected chi connectivity index (χ0v) is 28.1. The van der Waals surface area contributed by atoms with Gasteiger partial charge in [-0.2, -0.15) is 15.0 Å². The number of aromatic nitrogens is 3. The van der Waals surface area contributed by atoms with Crippen LogP contribution in [0.4, 0.5) is 15.0 Å². The summed E-state index contributed by atoms with van der Waals surface area (Å²) in [4.78, 5) is 27.7. The van der Waals surface area contributed by atoms with E-state index in [9.17, 15) is 4.79 Å². The summed E-state index contributed by atoms with van der Waals surface area (Å²) in [6.07, 6.45) is 1.65. The number of rotatable bonds is 6. The Morgan fingerprint density at radius 1 is 1.14 bits per heavy atom. The van der Waals surface area contributed by atoms with Crippen molar-refractivity contribution in [3.05, 3.63) is 11.0 Å². The van der Waals surface area contributed by atoms with Gasteiger partial charge in [-0.1, -0.05) is 32.4 Å². The largest absolute Gasteiger partial charge is 0.474 e. The molecule has 0 saturated heterocycles. The maximum absolute atomic E-state index is 15.4. The van der Waals surface area contributed by atoms with Crippen molar-refractivity contribution >= 4 is 42.7 Å². The Morgan fingerprint density at radius 3 is 2.45 bits per heavy atom. The van der Waals surface area contributed by atoms with Crippen molar-refractivity contribution < 1.29 is 27.8 Å². The van der Waals surface area contributed by atoms with Gasteiger partial charge in [-0.15, -0.1) is 0 Å². The van der Waals surface area contributed by atoms with Crippen LogP contribution in [-0.2, 0) is 9.16 Å². The molecule has 1 amide bonds. The highest BCUT2D eigenvalue weighted by molar-refractivity contribution is 6.74. The number of carbonyl (C=O) groups excluding carboxylic acids is 1. The molecule has 234 valence electrons. The van der Waals surface area contributed by atoms with Crippen LogP contribution in [0.5, 0.6) is 11.9 Å². The fourth-order valence-corrected chi connectivity index (χ4v) is 5.43. The Kier molecular flexibility index (Phi) is 9.21. The molecule has 0 aromatic carbocycles. The van der Waals surface area contributed by atoms with E-state index in [0.717, 1.165) is 12.8 Å². The molecule has 10 nitrogen and oxygen atoms in total. The van der Waals surface area contributed by atoms with Crippen molar-refractivity contribution in [3.8, 4) is 11.9 Å². The number of amides is 1. The molecule has 13 heteroatoms. The highest BCUT2D eigenvalue weighted by atomic mass is 35.5. The number of nitrogens with one attached hydrogen (secondary N) is 1. The topological polar surface area (TPSA) is 108 Å². The second-order valence-electron chi connectivity index (χ2n) is 14.0. The third-order valence-electron chi connectivity index (χ3n) is 8.15. The minimum Gasteiger partial charge on any atom is -0.474 e. The summed E-state index contributed by atoms with van der Waals surface area (Å²) in [7, 11) is -1.92. The normalized spacial score (nSPS) is 19.4. The van der Waals surface area contributed by atoms with Crippen LogP contribution in [0.15, 0.2) is 0 Å². The SMILES string of the molecule is C[C@H]1CCN(C(=O)OC(C)(C)C)CCNc2nc(OCC3(CO[Si](C)(C)C(C)(C)C)CC3)nc3c(F)c(Cl)nc(c23)O1. The number of nitrogens with zero attached hydrogens (tertiary/aromatic N) is 4. The summed E-state index contributed by atoms with van der Waals surface area (Å²) in [5, 5.41) is 3.24. The number of ether oxygens (including phenoxy) is 3. The van der Waals surface area contributed by atoms with Crippen LogP contribution in [-0.4, -0.2) is 78.8 Å². The van der Waals surface area contributed by atoms with Crippen LogP contribution in [0.25, 0.3) is 10.9 Å². The molecule has 3 heterocycles. The third kappa shape index (κ3) is 7.73. The molecule has 2 aromatic rings. The zero-order valence-electron chi connectivity index (χ0n) is 26.3. The van der Waals surface area contributed by atoms with Crippen LogP contribution in [0.3, 0.4) is 0 Å². The number of hydrogen-bond acceptors (Lipinski definition) is 9. The van der Waals surface area contributed by atoms with Gasteiger partial charge in [-0.3, -0.25) is 0 Å². The molecule has 4 rings (SSSR count). The monoisotopic (exact) mass is 625 g/mol. The molecule has 0 radical (unpaired) electrons. The highest BCUT2D eigenvalue weighted by Gasteiger charge is 2.47. The minimum absolute atomic E-state index is 0.0163. The lowest BCUT2D eigenvalue weighted by atomic mass is 10.1. The van der Waals surface area contributed by atoms with E-state index in [1.165, 1.54) is 0 Å². The van der Waals surface area contributed by atoms with Gasteiger partial charge < -0.3 is 28.9 Å². The van der Waals surface area contributed by atoms with Crippen molar-refractivity contribution in [1.29, 1.82) is 0 Å².